The van der Waals surface area contributed by atoms with Crippen LogP contribution in [0.3, 0.4) is 0 Å². The second-order valence-electron chi connectivity index (χ2n) is 8.52. The molecule has 0 N–H and O–H groups in total. The number of hydrogen-bond donors (Lipinski definition) is 0. The van der Waals surface area contributed by atoms with Gasteiger partial charge >= 0.3 is 0 Å². The van der Waals surface area contributed by atoms with E-state index in [0.717, 1.165) is 10.5 Å². The molecule has 0 radical (unpaired) electrons. The van der Waals surface area contributed by atoms with Crippen molar-refractivity contribution in [3.8, 4) is 0 Å². The van der Waals surface area contributed by atoms with Crippen LogP contribution < -0.4 is 0 Å². The van der Waals surface area contributed by atoms with Crippen molar-refractivity contribution in [1.82, 2.24) is 0 Å². The summed E-state index contributed by atoms with van der Waals surface area (Å²) in [5.41, 5.74) is 0.840. The predicted molar refractivity (Wildman–Crippen MR) is 99.5 cm³/mol. The van der Waals surface area contributed by atoms with E-state index in [1.807, 2.05) is 0 Å². The number of hydrogen-bond acceptors (Lipinski definition) is 2. The van der Waals surface area contributed by atoms with Gasteiger partial charge in [0.1, 0.15) is 10.5 Å². The predicted octanol–water partition coefficient (Wildman–Crippen LogP) is 2.46. The Hall–Kier alpha value is 0.571. The third-order valence-corrected chi connectivity index (χ3v) is 10.5. The van der Waals surface area contributed by atoms with E-state index in [0.29, 0.717) is 5.41 Å². The van der Waals surface area contributed by atoms with Gasteiger partial charge in [-0.2, -0.15) is 0 Å². The van der Waals surface area contributed by atoms with Gasteiger partial charge in [0, 0.05) is 0 Å². The van der Waals surface area contributed by atoms with Crippen molar-refractivity contribution in [2.24, 2.45) is 16.2 Å². The molecule has 0 aromatic heterocycles. The summed E-state index contributed by atoms with van der Waals surface area (Å²) < 4.78 is 11.3. The molecule has 0 aromatic carbocycles. The first-order chi connectivity index (χ1) is 8.87. The average molecular weight is 335 g/mol. The molecule has 2 nitrogen and oxygen atoms in total. The normalized spacial score (nSPS) is 16.1. The van der Waals surface area contributed by atoms with Gasteiger partial charge in [-0.05, 0) is 27.7 Å². The van der Waals surface area contributed by atoms with E-state index in [1.165, 1.54) is 12.8 Å². The summed E-state index contributed by atoms with van der Waals surface area (Å²) in [6.07, 6.45) is 2.53. The van der Waals surface area contributed by atoms with Crippen LogP contribution in [0.25, 0.3) is 0 Å². The number of rotatable bonds is 9. The third-order valence-electron chi connectivity index (χ3n) is 6.49. The Morgan fingerprint density at radius 1 is 0.900 bits per heavy atom. The topological polar surface area (TPSA) is 18.5 Å². The molecule has 0 aromatic rings. The highest BCUT2D eigenvalue weighted by molar-refractivity contribution is 6.44. The van der Waals surface area contributed by atoms with E-state index in [1.54, 1.807) is 0 Å². The standard InChI is InChI=1S/C15H38O2Si3/c1-10-11-12(2,3)13(4,5)14(6,7)15(8,9)19-17-20-16-18/h10-11,19-20H2,1-9,18H3. The van der Waals surface area contributed by atoms with Crippen LogP contribution in [0.4, 0.5) is 0 Å². The molecule has 122 valence electrons. The van der Waals surface area contributed by atoms with E-state index in [2.05, 4.69) is 62.3 Å². The summed E-state index contributed by atoms with van der Waals surface area (Å²) in [6, 6.07) is 0. The van der Waals surface area contributed by atoms with E-state index >= 15 is 0 Å². The van der Waals surface area contributed by atoms with Gasteiger partial charge in [-0.3, -0.25) is 0 Å². The SMILES string of the molecule is CCCC(C)(C)C(C)(C)C(C)(C)C(C)(C)[SiH2]O[SiH2]O[SiH3]. The van der Waals surface area contributed by atoms with E-state index in [4.69, 9.17) is 8.23 Å². The molecule has 0 bridgehead atoms. The fourth-order valence-electron chi connectivity index (χ4n) is 3.19. The van der Waals surface area contributed by atoms with Crippen LogP contribution in [0.2, 0.25) is 5.04 Å². The van der Waals surface area contributed by atoms with Crippen LogP contribution in [-0.4, -0.2) is 30.3 Å². The Bertz CT molecular complexity index is 299. The van der Waals surface area contributed by atoms with Crippen LogP contribution in [-0.2, 0) is 8.23 Å². The first-order valence-corrected chi connectivity index (χ1v) is 11.2. The molecule has 0 unspecified atom stereocenters. The van der Waals surface area contributed by atoms with Crippen LogP contribution in [0, 0.1) is 16.2 Å². The van der Waals surface area contributed by atoms with Gasteiger partial charge in [-0.1, -0.05) is 68.7 Å². The third kappa shape index (κ3) is 4.06. The second kappa shape index (κ2) is 7.22. The van der Waals surface area contributed by atoms with E-state index < -0.39 is 19.8 Å². The molecule has 0 fully saturated rings. The quantitative estimate of drug-likeness (QED) is 0.476. The first kappa shape index (κ1) is 20.6. The first-order valence-electron chi connectivity index (χ1n) is 7.94. The van der Waals surface area contributed by atoms with E-state index in [9.17, 15) is 0 Å². The van der Waals surface area contributed by atoms with Gasteiger partial charge in [-0.25, -0.2) is 0 Å². The minimum atomic E-state index is -0.680. The maximum absolute atomic E-state index is 5.99. The second-order valence-corrected chi connectivity index (χ2v) is 14.8. The summed E-state index contributed by atoms with van der Waals surface area (Å²) in [5.74, 6) is 0. The fraction of sp³-hybridized carbons (Fsp3) is 1.00. The molecule has 0 rings (SSSR count). The van der Waals surface area contributed by atoms with Gasteiger partial charge in [0.05, 0.1) is 0 Å². The highest BCUT2D eigenvalue weighted by Gasteiger charge is 2.54. The lowest BCUT2D eigenvalue weighted by Crippen LogP contribution is -2.51. The zero-order valence-electron chi connectivity index (χ0n) is 15.6. The molecule has 0 saturated heterocycles. The monoisotopic (exact) mass is 334 g/mol. The highest BCUT2D eigenvalue weighted by Crippen LogP contribution is 2.62. The molecular formula is C15H38O2Si3. The van der Waals surface area contributed by atoms with Crippen LogP contribution in [0.5, 0.6) is 0 Å². The Kier molecular flexibility index (Phi) is 7.43. The fourth-order valence-corrected chi connectivity index (χ4v) is 8.53. The molecule has 0 aliphatic carbocycles. The molecule has 0 spiro atoms. The molecular weight excluding hydrogens is 296 g/mol. The smallest absolute Gasteiger partial charge is 0.282 e. The molecule has 5 heteroatoms. The summed E-state index contributed by atoms with van der Waals surface area (Å²) in [4.78, 5) is 0. The highest BCUT2D eigenvalue weighted by atomic mass is 28.3. The van der Waals surface area contributed by atoms with Gasteiger partial charge < -0.3 is 8.23 Å². The zero-order valence-corrected chi connectivity index (χ0v) is 20.5. The summed E-state index contributed by atoms with van der Waals surface area (Å²) >= 11 is 0. The van der Waals surface area contributed by atoms with Gasteiger partial charge in [0.2, 0.25) is 0 Å². The summed E-state index contributed by atoms with van der Waals surface area (Å²) in [7, 11) is -0.426. The average Bonchev–Trinajstić information content (AvgIpc) is 2.28. The van der Waals surface area contributed by atoms with Crippen molar-refractivity contribution in [3.05, 3.63) is 0 Å². The molecule has 0 saturated carbocycles. The Labute approximate surface area is 135 Å². The lowest BCUT2D eigenvalue weighted by atomic mass is 9.50. The van der Waals surface area contributed by atoms with Crippen LogP contribution in [0.1, 0.15) is 75.2 Å². The molecule has 0 aliphatic heterocycles. The minimum absolute atomic E-state index is 0.241. The molecule has 0 aliphatic rings. The molecule has 0 amide bonds. The molecule has 0 atom stereocenters. The largest absolute Gasteiger partial charge is 0.449 e. The van der Waals surface area contributed by atoms with Crippen molar-refractivity contribution in [1.29, 1.82) is 0 Å². The Balaban J connectivity index is 5.26. The lowest BCUT2D eigenvalue weighted by molar-refractivity contribution is -0.0501. The van der Waals surface area contributed by atoms with E-state index in [-0.39, 0.29) is 15.9 Å². The van der Waals surface area contributed by atoms with Gasteiger partial charge in [0.25, 0.3) is 10.0 Å². The van der Waals surface area contributed by atoms with Gasteiger partial charge in [0.15, 0.2) is 9.76 Å². The minimum Gasteiger partial charge on any atom is -0.449 e. The zero-order chi connectivity index (χ0) is 16.2. The summed E-state index contributed by atoms with van der Waals surface area (Å²) in [6.45, 7) is 21.8. The van der Waals surface area contributed by atoms with Crippen LogP contribution >= 0.6 is 0 Å². The van der Waals surface area contributed by atoms with Crippen molar-refractivity contribution >= 4 is 30.3 Å². The summed E-state index contributed by atoms with van der Waals surface area (Å²) in [5, 5.41) is 0.272. The lowest BCUT2D eigenvalue weighted by Gasteiger charge is -2.59. The van der Waals surface area contributed by atoms with Crippen LogP contribution in [0.15, 0.2) is 0 Å². The maximum atomic E-state index is 5.99. The van der Waals surface area contributed by atoms with Crippen molar-refractivity contribution in [2.75, 3.05) is 0 Å². The van der Waals surface area contributed by atoms with Gasteiger partial charge in [-0.15, -0.1) is 0 Å². The van der Waals surface area contributed by atoms with Crippen molar-refractivity contribution in [2.45, 2.75) is 80.2 Å². The maximum Gasteiger partial charge on any atom is 0.282 e. The molecule has 20 heavy (non-hydrogen) atoms. The van der Waals surface area contributed by atoms with Crippen molar-refractivity contribution in [3.63, 3.8) is 0 Å². The Morgan fingerprint density at radius 2 is 1.40 bits per heavy atom. The Morgan fingerprint density at radius 3 is 1.80 bits per heavy atom. The van der Waals surface area contributed by atoms with Crippen molar-refractivity contribution < 1.29 is 8.23 Å². The molecule has 0 heterocycles.